The number of hydrogen-bond donors (Lipinski definition) is 2. The van der Waals surface area contributed by atoms with Crippen molar-refractivity contribution in [2.45, 2.75) is 37.0 Å². The van der Waals surface area contributed by atoms with E-state index in [1.807, 2.05) is 24.6 Å². The number of nitrogens with one attached hydrogen (secondary N) is 1. The van der Waals surface area contributed by atoms with Crippen molar-refractivity contribution < 1.29 is 14.6 Å². The van der Waals surface area contributed by atoms with E-state index in [2.05, 4.69) is 36.6 Å². The number of hydrogen-bond acceptors (Lipinski definition) is 6. The Hall–Kier alpha value is -1.89. The van der Waals surface area contributed by atoms with E-state index in [-0.39, 0.29) is 11.5 Å². The summed E-state index contributed by atoms with van der Waals surface area (Å²) in [6, 6.07) is 1.92. The zero-order valence-corrected chi connectivity index (χ0v) is 18.0. The number of rotatable bonds is 2. The van der Waals surface area contributed by atoms with E-state index in [1.54, 1.807) is 7.11 Å². The lowest BCUT2D eigenvalue weighted by molar-refractivity contribution is 0.0833. The van der Waals surface area contributed by atoms with Gasteiger partial charge in [0.05, 0.1) is 18.6 Å². The van der Waals surface area contributed by atoms with Gasteiger partial charge in [-0.3, -0.25) is 4.72 Å². The van der Waals surface area contributed by atoms with E-state index in [9.17, 15) is 5.11 Å². The summed E-state index contributed by atoms with van der Waals surface area (Å²) >= 11 is 5.12. The Kier molecular flexibility index (Phi) is 5.21. The summed E-state index contributed by atoms with van der Waals surface area (Å²) in [6.07, 6.45) is 8.39. The fourth-order valence-corrected chi connectivity index (χ4v) is 5.33. The summed E-state index contributed by atoms with van der Waals surface area (Å²) in [5.74, 6) is 1.98. The number of benzene rings is 1. The molecule has 0 saturated carbocycles. The highest BCUT2D eigenvalue weighted by atomic mass is 79.9. The number of aliphatic imine (C=N–C) groups is 1. The van der Waals surface area contributed by atoms with Gasteiger partial charge in [0.15, 0.2) is 11.5 Å². The average molecular weight is 465 g/mol. The molecule has 1 aromatic rings. The Morgan fingerprint density at radius 2 is 2.43 bits per heavy atom. The fourth-order valence-electron chi connectivity index (χ4n) is 4.44. The van der Waals surface area contributed by atoms with Gasteiger partial charge in [-0.05, 0) is 18.1 Å². The first-order valence-electron chi connectivity index (χ1n) is 8.98. The summed E-state index contributed by atoms with van der Waals surface area (Å²) < 4.78 is 16.0. The van der Waals surface area contributed by atoms with E-state index < -0.39 is 6.10 Å². The van der Waals surface area contributed by atoms with Crippen LogP contribution in [0.2, 0.25) is 0 Å². The van der Waals surface area contributed by atoms with Crippen LogP contribution in [0.3, 0.4) is 0 Å². The molecule has 0 aromatic heterocycles. The maximum Gasteiger partial charge on any atom is 0.220 e. The van der Waals surface area contributed by atoms with Crippen molar-refractivity contribution in [3.63, 3.8) is 0 Å². The quantitative estimate of drug-likeness (QED) is 0.228. The number of ether oxygens (including phenoxy) is 2. The molecular weight excluding hydrogens is 444 g/mol. The summed E-state index contributed by atoms with van der Waals surface area (Å²) in [4.78, 5) is 6.06. The van der Waals surface area contributed by atoms with Gasteiger partial charge in [-0.25, -0.2) is 0 Å². The summed E-state index contributed by atoms with van der Waals surface area (Å²) in [6.45, 7) is 1.27. The summed E-state index contributed by atoms with van der Waals surface area (Å²) in [7, 11) is 1.64. The van der Waals surface area contributed by atoms with Crippen LogP contribution in [0.25, 0.3) is 0 Å². The Bertz CT molecular complexity index is 900. The lowest BCUT2D eigenvalue weighted by atomic mass is 9.69. The third-order valence-electron chi connectivity index (χ3n) is 5.68. The van der Waals surface area contributed by atoms with Crippen molar-refractivity contribution in [3.05, 3.63) is 33.8 Å². The van der Waals surface area contributed by atoms with Crippen LogP contribution in [0.1, 0.15) is 24.0 Å². The molecule has 0 fully saturated rings. The minimum absolute atomic E-state index is 0.158. The van der Waals surface area contributed by atoms with E-state index >= 15 is 0 Å². The third-order valence-corrected chi connectivity index (χ3v) is 6.78. The van der Waals surface area contributed by atoms with E-state index in [1.165, 1.54) is 11.9 Å². The number of aliphatic hydroxyl groups excluding tert-OH is 1. The minimum Gasteiger partial charge on any atom is -0.493 e. The Labute approximate surface area is 176 Å². The second-order valence-corrected chi connectivity index (χ2v) is 8.53. The molecule has 148 valence electrons. The number of guanidine groups is 1. The molecule has 1 aliphatic carbocycles. The molecule has 7 nitrogen and oxygen atoms in total. The van der Waals surface area contributed by atoms with E-state index in [0.29, 0.717) is 31.2 Å². The van der Waals surface area contributed by atoms with Crippen LogP contribution in [-0.4, -0.2) is 48.1 Å². The molecule has 2 unspecified atom stereocenters. The number of methoxy groups -OCH3 is 1. The predicted molar refractivity (Wildman–Crippen MR) is 111 cm³/mol. The van der Waals surface area contributed by atoms with Crippen molar-refractivity contribution in [1.29, 1.82) is 5.26 Å². The van der Waals surface area contributed by atoms with Gasteiger partial charge in [0.25, 0.3) is 0 Å². The minimum atomic E-state index is -0.518. The van der Waals surface area contributed by atoms with Gasteiger partial charge in [-0.1, -0.05) is 40.0 Å². The van der Waals surface area contributed by atoms with Gasteiger partial charge in [0, 0.05) is 35.8 Å². The SMILES string of the molecule is COc1cc(Br)c2c3c1OC1C[C@@H](O)C=CC31CCN(C(=NC#N)NSC)C2. The molecular formula is C19H21BrN4O3S. The molecule has 2 N–H and O–H groups in total. The van der Waals surface area contributed by atoms with Gasteiger partial charge >= 0.3 is 0 Å². The number of nitriles is 1. The average Bonchev–Trinajstić information content (AvgIpc) is 2.90. The predicted octanol–water partition coefficient (Wildman–Crippen LogP) is 2.69. The fraction of sp³-hybridized carbons (Fsp3) is 0.474. The highest BCUT2D eigenvalue weighted by Crippen LogP contribution is 2.57. The normalized spacial score (nSPS) is 28.0. The zero-order valence-electron chi connectivity index (χ0n) is 15.6. The molecule has 9 heteroatoms. The molecule has 3 aliphatic rings. The first kappa shape index (κ1) is 19.4. The lowest BCUT2D eigenvalue weighted by Gasteiger charge is -2.36. The van der Waals surface area contributed by atoms with Gasteiger partial charge < -0.3 is 19.5 Å². The third kappa shape index (κ3) is 2.95. The topological polar surface area (TPSA) is 90.1 Å². The Morgan fingerprint density at radius 3 is 3.14 bits per heavy atom. The van der Waals surface area contributed by atoms with Gasteiger partial charge in [-0.15, -0.1) is 4.99 Å². The highest BCUT2D eigenvalue weighted by molar-refractivity contribution is 9.10. The maximum absolute atomic E-state index is 10.2. The van der Waals surface area contributed by atoms with Gasteiger partial charge in [-0.2, -0.15) is 5.26 Å². The van der Waals surface area contributed by atoms with Crippen LogP contribution < -0.4 is 14.2 Å². The number of aliphatic hydroxyl groups is 1. The molecule has 1 aromatic carbocycles. The second kappa shape index (κ2) is 7.50. The molecule has 0 radical (unpaired) electrons. The van der Waals surface area contributed by atoms with Crippen molar-refractivity contribution in [1.82, 2.24) is 9.62 Å². The smallest absolute Gasteiger partial charge is 0.220 e. The molecule has 4 rings (SSSR count). The zero-order chi connectivity index (χ0) is 19.9. The van der Waals surface area contributed by atoms with Crippen molar-refractivity contribution >= 4 is 33.8 Å². The van der Waals surface area contributed by atoms with Gasteiger partial charge in [0.2, 0.25) is 12.2 Å². The lowest BCUT2D eigenvalue weighted by Crippen LogP contribution is -2.44. The molecule has 0 saturated heterocycles. The van der Waals surface area contributed by atoms with E-state index in [0.717, 1.165) is 27.8 Å². The molecule has 2 heterocycles. The summed E-state index contributed by atoms with van der Waals surface area (Å²) in [5.41, 5.74) is 1.85. The number of nitrogens with zero attached hydrogens (tertiary/aromatic N) is 3. The molecule has 28 heavy (non-hydrogen) atoms. The first-order valence-corrected chi connectivity index (χ1v) is 11.0. The largest absolute Gasteiger partial charge is 0.493 e. The van der Waals surface area contributed by atoms with Crippen LogP contribution in [-0.2, 0) is 12.0 Å². The molecule has 2 aliphatic heterocycles. The van der Waals surface area contributed by atoms with Crippen LogP contribution >= 0.6 is 27.9 Å². The summed E-state index contributed by atoms with van der Waals surface area (Å²) in [5, 5.41) is 19.3. The standard InChI is InChI=1S/C19H21BrN4O3S/c1-26-14-8-13(20)12-9-24(18(22-10-21)23-28-2)6-5-19-4-3-11(25)7-15(19)27-17(14)16(12)19/h3-4,8,11,15,25H,5-7,9H2,1-2H3,(H,22,23)/t11-,15?,19?/m0/s1. The van der Waals surface area contributed by atoms with Crippen LogP contribution in [0, 0.1) is 11.5 Å². The Balaban J connectivity index is 1.88. The van der Waals surface area contributed by atoms with Crippen LogP contribution in [0.4, 0.5) is 0 Å². The number of halogens is 1. The van der Waals surface area contributed by atoms with Crippen molar-refractivity contribution in [2.24, 2.45) is 4.99 Å². The molecule has 3 atom stereocenters. The van der Waals surface area contributed by atoms with Crippen LogP contribution in [0.15, 0.2) is 27.7 Å². The highest BCUT2D eigenvalue weighted by Gasteiger charge is 2.53. The molecule has 1 spiro atoms. The maximum atomic E-state index is 10.2. The van der Waals surface area contributed by atoms with Crippen molar-refractivity contribution in [2.75, 3.05) is 19.9 Å². The molecule has 0 bridgehead atoms. The molecule has 0 amide bonds. The monoisotopic (exact) mass is 464 g/mol. The Morgan fingerprint density at radius 1 is 1.61 bits per heavy atom. The van der Waals surface area contributed by atoms with Crippen LogP contribution in [0.5, 0.6) is 11.5 Å². The van der Waals surface area contributed by atoms with E-state index in [4.69, 9.17) is 14.7 Å². The second-order valence-electron chi connectivity index (χ2n) is 7.07. The van der Waals surface area contributed by atoms with Crippen molar-refractivity contribution in [3.8, 4) is 17.7 Å². The van der Waals surface area contributed by atoms with Gasteiger partial charge in [0.1, 0.15) is 6.10 Å². The first-order chi connectivity index (χ1) is 13.5.